The summed E-state index contributed by atoms with van der Waals surface area (Å²) in [4.78, 5) is 42.6. The van der Waals surface area contributed by atoms with Crippen molar-refractivity contribution >= 4 is 29.2 Å². The topological polar surface area (TPSA) is 79.4 Å². The predicted molar refractivity (Wildman–Crippen MR) is 98.3 cm³/mol. The molecule has 0 N–H and O–H groups in total. The van der Waals surface area contributed by atoms with Crippen molar-refractivity contribution in [2.24, 2.45) is 5.92 Å². The number of hydrogen-bond acceptors (Lipinski definition) is 5. The molecular formula is C20H20FN3O5. The Morgan fingerprint density at radius 1 is 1.14 bits per heavy atom. The van der Waals surface area contributed by atoms with Crippen LogP contribution in [0.5, 0.6) is 5.75 Å². The Hall–Kier alpha value is -2.68. The first-order valence-corrected chi connectivity index (χ1v) is 10.1. The number of halogens is 1. The van der Waals surface area contributed by atoms with Crippen molar-refractivity contribution in [2.75, 3.05) is 36.1 Å². The predicted octanol–water partition coefficient (Wildman–Crippen LogP) is 1.66. The molecule has 0 aromatic heterocycles. The van der Waals surface area contributed by atoms with Crippen molar-refractivity contribution in [3.05, 3.63) is 17.9 Å². The number of anilines is 2. The van der Waals surface area contributed by atoms with E-state index >= 15 is 4.39 Å². The Labute approximate surface area is 166 Å². The van der Waals surface area contributed by atoms with Gasteiger partial charge in [-0.25, -0.2) is 14.1 Å². The lowest BCUT2D eigenvalue weighted by Gasteiger charge is -2.35. The van der Waals surface area contributed by atoms with E-state index in [9.17, 15) is 14.4 Å². The van der Waals surface area contributed by atoms with Gasteiger partial charge in [-0.2, -0.15) is 0 Å². The fourth-order valence-electron chi connectivity index (χ4n) is 4.41. The molecule has 3 aliphatic heterocycles. The molecule has 1 spiro atoms. The van der Waals surface area contributed by atoms with Crippen LogP contribution in [0.15, 0.2) is 12.1 Å². The second kappa shape index (κ2) is 5.69. The minimum atomic E-state index is -0.868. The summed E-state index contributed by atoms with van der Waals surface area (Å²) in [7, 11) is 0. The average Bonchev–Trinajstić information content (AvgIpc) is 3.63. The van der Waals surface area contributed by atoms with Crippen molar-refractivity contribution in [3.8, 4) is 5.75 Å². The summed E-state index contributed by atoms with van der Waals surface area (Å²) in [6.07, 6.45) is 3.35. The van der Waals surface area contributed by atoms with Crippen molar-refractivity contribution in [1.82, 2.24) is 4.90 Å². The van der Waals surface area contributed by atoms with E-state index in [0.29, 0.717) is 43.3 Å². The lowest BCUT2D eigenvalue weighted by Crippen LogP contribution is -2.48. The van der Waals surface area contributed by atoms with Crippen LogP contribution in [0, 0.1) is 11.7 Å². The second-order valence-corrected chi connectivity index (χ2v) is 8.47. The van der Waals surface area contributed by atoms with E-state index < -0.39 is 29.4 Å². The smallest absolute Gasteiger partial charge is 0.332 e. The fourth-order valence-corrected chi connectivity index (χ4v) is 4.41. The lowest BCUT2D eigenvalue weighted by molar-refractivity contribution is -0.128. The summed E-state index contributed by atoms with van der Waals surface area (Å²) in [5, 5.41) is 0. The zero-order valence-electron chi connectivity index (χ0n) is 15.7. The van der Waals surface area contributed by atoms with E-state index in [1.165, 1.54) is 17.0 Å². The number of amides is 4. The first kappa shape index (κ1) is 17.2. The number of ether oxygens (including phenoxy) is 2. The van der Waals surface area contributed by atoms with Gasteiger partial charge in [0, 0.05) is 32.0 Å². The number of fused-ring (bicyclic) bond motifs is 2. The van der Waals surface area contributed by atoms with Gasteiger partial charge in [-0.1, -0.05) is 0 Å². The van der Waals surface area contributed by atoms with Crippen LogP contribution in [0.1, 0.15) is 25.7 Å². The molecule has 9 heteroatoms. The van der Waals surface area contributed by atoms with Crippen molar-refractivity contribution in [3.63, 3.8) is 0 Å². The minimum absolute atomic E-state index is 0.103. The van der Waals surface area contributed by atoms with E-state index in [4.69, 9.17) is 9.47 Å². The number of carbonyl (C=O) groups excluding carboxylic acids is 3. The second-order valence-electron chi connectivity index (χ2n) is 8.47. The van der Waals surface area contributed by atoms with Gasteiger partial charge >= 0.3 is 6.03 Å². The number of rotatable bonds is 3. The maximum atomic E-state index is 15.0. The first-order valence-electron chi connectivity index (χ1n) is 10.1. The van der Waals surface area contributed by atoms with Crippen LogP contribution in [0.25, 0.3) is 0 Å². The summed E-state index contributed by atoms with van der Waals surface area (Å²) in [5.41, 5.74) is -0.581. The SMILES string of the molecule is O=C1C2COCCN2C(=O)N1c1cc2c(cc1F)OC1(CC1)C(=O)N2CC1CC1. The maximum absolute atomic E-state index is 15.0. The third-order valence-electron chi connectivity index (χ3n) is 6.41. The van der Waals surface area contributed by atoms with Crippen LogP contribution in [0.4, 0.5) is 20.6 Å². The first-order chi connectivity index (χ1) is 14.0. The van der Waals surface area contributed by atoms with Gasteiger partial charge in [0.2, 0.25) is 0 Å². The molecule has 3 heterocycles. The van der Waals surface area contributed by atoms with Gasteiger partial charge < -0.3 is 19.3 Å². The molecule has 1 aromatic carbocycles. The largest absolute Gasteiger partial charge is 0.475 e. The molecule has 0 radical (unpaired) electrons. The molecule has 1 atom stereocenters. The molecule has 4 amide bonds. The average molecular weight is 401 g/mol. The normalized spacial score (nSPS) is 27.3. The molecule has 2 aliphatic carbocycles. The van der Waals surface area contributed by atoms with Gasteiger partial charge in [0.25, 0.3) is 11.8 Å². The number of hydrogen-bond donors (Lipinski definition) is 0. The van der Waals surface area contributed by atoms with Crippen molar-refractivity contribution in [2.45, 2.75) is 37.3 Å². The zero-order valence-corrected chi connectivity index (χ0v) is 15.7. The zero-order chi connectivity index (χ0) is 19.9. The van der Waals surface area contributed by atoms with Crippen LogP contribution < -0.4 is 14.5 Å². The van der Waals surface area contributed by atoms with E-state index in [-0.39, 0.29) is 24.7 Å². The molecule has 1 aromatic rings. The molecule has 0 bridgehead atoms. The monoisotopic (exact) mass is 401 g/mol. The number of benzene rings is 1. The minimum Gasteiger partial charge on any atom is -0.475 e. The van der Waals surface area contributed by atoms with E-state index in [2.05, 4.69) is 0 Å². The number of nitrogens with zero attached hydrogens (tertiary/aromatic N) is 3. The van der Waals surface area contributed by atoms with Gasteiger partial charge in [-0.05, 0) is 24.8 Å². The number of urea groups is 1. The number of imide groups is 1. The highest BCUT2D eigenvalue weighted by Crippen LogP contribution is 2.51. The third kappa shape index (κ3) is 2.43. The van der Waals surface area contributed by atoms with Gasteiger partial charge in [0.15, 0.2) is 11.4 Å². The Balaban J connectivity index is 1.42. The molecule has 29 heavy (non-hydrogen) atoms. The van der Waals surface area contributed by atoms with Gasteiger partial charge in [0.1, 0.15) is 11.8 Å². The van der Waals surface area contributed by atoms with Crippen LogP contribution >= 0.6 is 0 Å². The molecule has 8 nitrogen and oxygen atoms in total. The van der Waals surface area contributed by atoms with Gasteiger partial charge in [0.05, 0.1) is 24.6 Å². The van der Waals surface area contributed by atoms with Crippen molar-refractivity contribution < 1.29 is 28.2 Å². The van der Waals surface area contributed by atoms with Crippen LogP contribution in [0.3, 0.4) is 0 Å². The van der Waals surface area contributed by atoms with Crippen LogP contribution in [-0.4, -0.2) is 60.7 Å². The Morgan fingerprint density at radius 2 is 1.93 bits per heavy atom. The number of carbonyl (C=O) groups is 3. The lowest BCUT2D eigenvalue weighted by atomic mass is 10.1. The summed E-state index contributed by atoms with van der Waals surface area (Å²) in [5.74, 6) is -0.620. The Bertz CT molecular complexity index is 934. The van der Waals surface area contributed by atoms with E-state index in [1.807, 2.05) is 0 Å². The molecular weight excluding hydrogens is 381 g/mol. The molecule has 152 valence electrons. The summed E-state index contributed by atoms with van der Waals surface area (Å²) in [6.45, 7) is 1.28. The molecule has 6 rings (SSSR count). The van der Waals surface area contributed by atoms with Gasteiger partial charge in [-0.3, -0.25) is 9.59 Å². The summed E-state index contributed by atoms with van der Waals surface area (Å²) < 4.78 is 26.2. The molecule has 4 fully saturated rings. The quantitative estimate of drug-likeness (QED) is 0.720. The Morgan fingerprint density at radius 3 is 2.62 bits per heavy atom. The molecule has 5 aliphatic rings. The number of morpholine rings is 1. The molecule has 2 saturated carbocycles. The summed E-state index contributed by atoms with van der Waals surface area (Å²) >= 11 is 0. The van der Waals surface area contributed by atoms with Crippen LogP contribution in [0.2, 0.25) is 0 Å². The maximum Gasteiger partial charge on any atom is 0.332 e. The molecule has 1 unspecified atom stereocenters. The van der Waals surface area contributed by atoms with Gasteiger partial charge in [-0.15, -0.1) is 0 Å². The fraction of sp³-hybridized carbons (Fsp3) is 0.550. The van der Waals surface area contributed by atoms with Crippen LogP contribution in [-0.2, 0) is 14.3 Å². The highest BCUT2D eigenvalue weighted by atomic mass is 19.1. The summed E-state index contributed by atoms with van der Waals surface area (Å²) in [6, 6.07) is 1.32. The third-order valence-corrected chi connectivity index (χ3v) is 6.41. The van der Waals surface area contributed by atoms with Crippen molar-refractivity contribution in [1.29, 1.82) is 0 Å². The van der Waals surface area contributed by atoms with E-state index in [1.54, 1.807) is 4.90 Å². The molecule has 2 saturated heterocycles. The Kier molecular flexibility index (Phi) is 3.37. The highest BCUT2D eigenvalue weighted by Gasteiger charge is 2.58. The standard InChI is InChI=1S/C20H20FN3O5/c21-12-7-16-14(23(9-11-1-2-11)18(26)20(29-16)3-4-20)8-13(12)24-17(25)15-10-28-6-5-22(15)19(24)27/h7-8,11,15H,1-6,9-10H2. The van der Waals surface area contributed by atoms with E-state index in [0.717, 1.165) is 17.7 Å². The highest BCUT2D eigenvalue weighted by molar-refractivity contribution is 6.22.